The first-order valence-corrected chi connectivity index (χ1v) is 8.07. The van der Waals surface area contributed by atoms with Gasteiger partial charge in [0, 0.05) is 23.3 Å². The number of aromatic nitrogens is 1. The highest BCUT2D eigenvalue weighted by Gasteiger charge is 2.22. The molecular weight excluding hydrogens is 304 g/mol. The van der Waals surface area contributed by atoms with E-state index in [2.05, 4.69) is 28.2 Å². The molecule has 1 aliphatic carbocycles. The first-order chi connectivity index (χ1) is 9.11. The third-order valence-corrected chi connectivity index (χ3v) is 4.59. The lowest BCUT2D eigenvalue weighted by molar-refractivity contribution is 0.0910. The molecule has 1 fully saturated rings. The molecule has 1 heterocycles. The third kappa shape index (κ3) is 3.62. The van der Waals surface area contributed by atoms with E-state index in [-0.39, 0.29) is 11.9 Å². The molecule has 0 aliphatic heterocycles. The van der Waals surface area contributed by atoms with Crippen molar-refractivity contribution in [3.05, 3.63) is 22.4 Å². The summed E-state index contributed by atoms with van der Waals surface area (Å²) in [7, 11) is 0. The van der Waals surface area contributed by atoms with Crippen molar-refractivity contribution in [2.24, 2.45) is 5.92 Å². The van der Waals surface area contributed by atoms with Crippen molar-refractivity contribution in [2.45, 2.75) is 58.5 Å². The maximum atomic E-state index is 12.3. The molecule has 1 atom stereocenters. The Bertz CT molecular complexity index is 435. The third-order valence-electron chi connectivity index (χ3n) is 4.15. The van der Waals surface area contributed by atoms with E-state index in [4.69, 9.17) is 0 Å². The molecule has 0 spiro atoms. The van der Waals surface area contributed by atoms with Crippen LogP contribution in [0.15, 0.2) is 16.7 Å². The van der Waals surface area contributed by atoms with Gasteiger partial charge >= 0.3 is 0 Å². The van der Waals surface area contributed by atoms with Crippen molar-refractivity contribution in [3.8, 4) is 0 Å². The number of hydrogen-bond donors (Lipinski definition) is 1. The zero-order chi connectivity index (χ0) is 13.8. The van der Waals surface area contributed by atoms with Crippen molar-refractivity contribution in [1.82, 2.24) is 9.88 Å². The van der Waals surface area contributed by atoms with Crippen LogP contribution in [0.3, 0.4) is 0 Å². The van der Waals surface area contributed by atoms with Gasteiger partial charge in [0.25, 0.3) is 5.91 Å². The number of aryl methyl sites for hydroxylation is 1. The number of carbonyl (C=O) groups is 1. The van der Waals surface area contributed by atoms with Crippen LogP contribution in [0.2, 0.25) is 0 Å². The summed E-state index contributed by atoms with van der Waals surface area (Å²) in [5.74, 6) is 0.691. The van der Waals surface area contributed by atoms with Crippen LogP contribution in [0.1, 0.15) is 56.4 Å². The molecule has 1 unspecified atom stereocenters. The Labute approximate surface area is 123 Å². The lowest BCUT2D eigenvalue weighted by atomic mass is 9.84. The smallest absolute Gasteiger partial charge is 0.268 e. The Hall–Kier alpha value is -0.770. The number of carbonyl (C=O) groups excluding carboxylic acids is 1. The maximum Gasteiger partial charge on any atom is 0.268 e. The predicted molar refractivity (Wildman–Crippen MR) is 81.3 cm³/mol. The minimum atomic E-state index is 0.0469. The van der Waals surface area contributed by atoms with Crippen LogP contribution in [0.5, 0.6) is 0 Å². The Morgan fingerprint density at radius 3 is 2.79 bits per heavy atom. The van der Waals surface area contributed by atoms with Crippen LogP contribution in [0.25, 0.3) is 0 Å². The van der Waals surface area contributed by atoms with Gasteiger partial charge in [-0.25, -0.2) is 0 Å². The van der Waals surface area contributed by atoms with Gasteiger partial charge in [-0.2, -0.15) is 0 Å². The molecule has 19 heavy (non-hydrogen) atoms. The fourth-order valence-electron chi connectivity index (χ4n) is 2.96. The number of rotatable bonds is 4. The van der Waals surface area contributed by atoms with Crippen LogP contribution in [-0.4, -0.2) is 16.5 Å². The average Bonchev–Trinajstić information content (AvgIpc) is 2.81. The molecule has 3 nitrogen and oxygen atoms in total. The van der Waals surface area contributed by atoms with Gasteiger partial charge in [0.1, 0.15) is 5.69 Å². The second-order valence-corrected chi connectivity index (χ2v) is 6.41. The first-order valence-electron chi connectivity index (χ1n) is 7.28. The molecule has 1 N–H and O–H groups in total. The van der Waals surface area contributed by atoms with E-state index in [9.17, 15) is 4.79 Å². The van der Waals surface area contributed by atoms with Gasteiger partial charge in [-0.15, -0.1) is 0 Å². The largest absolute Gasteiger partial charge is 0.348 e. The van der Waals surface area contributed by atoms with Crippen LogP contribution in [0.4, 0.5) is 0 Å². The van der Waals surface area contributed by atoms with Gasteiger partial charge in [-0.3, -0.25) is 4.79 Å². The van der Waals surface area contributed by atoms with Gasteiger partial charge in [0.15, 0.2) is 0 Å². The van der Waals surface area contributed by atoms with Crippen LogP contribution >= 0.6 is 15.9 Å². The van der Waals surface area contributed by atoms with Crippen LogP contribution in [-0.2, 0) is 6.54 Å². The molecule has 0 radical (unpaired) electrons. The monoisotopic (exact) mass is 326 g/mol. The lowest BCUT2D eigenvalue weighted by Crippen LogP contribution is -2.39. The van der Waals surface area contributed by atoms with Gasteiger partial charge in [0.05, 0.1) is 0 Å². The van der Waals surface area contributed by atoms with E-state index in [1.54, 1.807) is 0 Å². The van der Waals surface area contributed by atoms with Gasteiger partial charge in [-0.05, 0) is 54.6 Å². The van der Waals surface area contributed by atoms with Crippen LogP contribution < -0.4 is 5.32 Å². The summed E-state index contributed by atoms with van der Waals surface area (Å²) in [6.45, 7) is 5.00. The van der Waals surface area contributed by atoms with Crippen molar-refractivity contribution in [1.29, 1.82) is 0 Å². The second kappa shape index (κ2) is 6.60. The summed E-state index contributed by atoms with van der Waals surface area (Å²) in [4.78, 5) is 12.3. The number of amides is 1. The molecule has 1 amide bonds. The normalized spacial score (nSPS) is 18.3. The molecule has 1 aliphatic rings. The molecule has 1 aromatic heterocycles. The highest BCUT2D eigenvalue weighted by atomic mass is 79.9. The minimum absolute atomic E-state index is 0.0469. The molecule has 106 valence electrons. The molecule has 0 aromatic carbocycles. The number of nitrogens with zero attached hydrogens (tertiary/aromatic N) is 1. The molecule has 1 saturated carbocycles. The molecule has 4 heteroatoms. The topological polar surface area (TPSA) is 34.0 Å². The van der Waals surface area contributed by atoms with Gasteiger partial charge in [-0.1, -0.05) is 19.3 Å². The quantitative estimate of drug-likeness (QED) is 0.892. The summed E-state index contributed by atoms with van der Waals surface area (Å²) in [5.41, 5.74) is 0.747. The average molecular weight is 327 g/mol. The highest BCUT2D eigenvalue weighted by molar-refractivity contribution is 9.10. The number of halogens is 1. The zero-order valence-electron chi connectivity index (χ0n) is 11.8. The molecule has 0 bridgehead atoms. The summed E-state index contributed by atoms with van der Waals surface area (Å²) < 4.78 is 2.94. The SMILES string of the molecule is CCn1cc(Br)cc1C(=O)NC(C)C1CCCCC1. The highest BCUT2D eigenvalue weighted by Crippen LogP contribution is 2.26. The van der Waals surface area contributed by atoms with E-state index in [1.165, 1.54) is 32.1 Å². The molecular formula is C15H23BrN2O. The van der Waals surface area contributed by atoms with E-state index in [0.717, 1.165) is 16.7 Å². The summed E-state index contributed by atoms with van der Waals surface area (Å²) in [6, 6.07) is 2.17. The maximum absolute atomic E-state index is 12.3. The molecule has 2 rings (SSSR count). The molecule has 1 aromatic rings. The fourth-order valence-corrected chi connectivity index (χ4v) is 3.42. The van der Waals surface area contributed by atoms with E-state index < -0.39 is 0 Å². The Morgan fingerprint density at radius 1 is 1.47 bits per heavy atom. The van der Waals surface area contributed by atoms with E-state index in [1.807, 2.05) is 23.8 Å². The van der Waals surface area contributed by atoms with Gasteiger partial charge in [0.2, 0.25) is 0 Å². The standard InChI is InChI=1S/C15H23BrN2O/c1-3-18-10-13(16)9-14(18)15(19)17-11(2)12-7-5-4-6-8-12/h9-12H,3-8H2,1-2H3,(H,17,19). The number of hydrogen-bond acceptors (Lipinski definition) is 1. The Balaban J connectivity index is 1.99. The summed E-state index contributed by atoms with van der Waals surface area (Å²) in [6.07, 6.45) is 8.42. The van der Waals surface area contributed by atoms with E-state index in [0.29, 0.717) is 5.92 Å². The summed E-state index contributed by atoms with van der Waals surface area (Å²) >= 11 is 3.43. The molecule has 0 saturated heterocycles. The Kier molecular flexibility index (Phi) is 5.08. The van der Waals surface area contributed by atoms with Crippen LogP contribution in [0, 0.1) is 5.92 Å². The van der Waals surface area contributed by atoms with Crippen molar-refractivity contribution < 1.29 is 4.79 Å². The van der Waals surface area contributed by atoms with Crippen molar-refractivity contribution >= 4 is 21.8 Å². The second-order valence-electron chi connectivity index (χ2n) is 5.49. The fraction of sp³-hybridized carbons (Fsp3) is 0.667. The lowest BCUT2D eigenvalue weighted by Gasteiger charge is -2.28. The zero-order valence-corrected chi connectivity index (χ0v) is 13.4. The predicted octanol–water partition coefficient (Wildman–Crippen LogP) is 3.97. The Morgan fingerprint density at radius 2 is 2.16 bits per heavy atom. The van der Waals surface area contributed by atoms with E-state index >= 15 is 0 Å². The minimum Gasteiger partial charge on any atom is -0.348 e. The summed E-state index contributed by atoms with van der Waals surface area (Å²) in [5, 5.41) is 3.17. The first kappa shape index (κ1) is 14.6. The van der Waals surface area contributed by atoms with Crippen molar-refractivity contribution in [3.63, 3.8) is 0 Å². The number of nitrogens with one attached hydrogen (secondary N) is 1. The van der Waals surface area contributed by atoms with Crippen molar-refractivity contribution in [2.75, 3.05) is 0 Å². The van der Waals surface area contributed by atoms with Gasteiger partial charge < -0.3 is 9.88 Å².